The number of nitrogens with zero attached hydrogens (tertiary/aromatic N) is 3. The molecule has 0 aromatic carbocycles. The molecule has 15 heavy (non-hydrogen) atoms. The van der Waals surface area contributed by atoms with Crippen molar-refractivity contribution >= 4 is 5.82 Å². The van der Waals surface area contributed by atoms with Crippen molar-refractivity contribution in [1.29, 1.82) is 5.26 Å². The van der Waals surface area contributed by atoms with Gasteiger partial charge in [-0.15, -0.1) is 5.10 Å². The highest BCUT2D eigenvalue weighted by Gasteiger charge is 2.21. The second-order valence-corrected chi connectivity index (χ2v) is 4.07. The van der Waals surface area contributed by atoms with Gasteiger partial charge in [-0.25, -0.2) is 0 Å². The lowest BCUT2D eigenvalue weighted by Crippen LogP contribution is -2.09. The van der Waals surface area contributed by atoms with Gasteiger partial charge in [-0.3, -0.25) is 0 Å². The monoisotopic (exact) mass is 202 g/mol. The predicted octanol–water partition coefficient (Wildman–Crippen LogP) is 1.79. The largest absolute Gasteiger partial charge is 0.367 e. The lowest BCUT2D eigenvalue weighted by atomic mass is 10.1. The molecule has 0 atom stereocenters. The highest BCUT2D eigenvalue weighted by Crippen LogP contribution is 2.29. The molecule has 1 aliphatic carbocycles. The molecule has 0 amide bonds. The van der Waals surface area contributed by atoms with Gasteiger partial charge in [0, 0.05) is 6.54 Å². The molecule has 0 saturated heterocycles. The summed E-state index contributed by atoms with van der Waals surface area (Å²) in [6.45, 7) is 4.69. The third kappa shape index (κ3) is 2.07. The lowest BCUT2D eigenvalue weighted by Gasteiger charge is -2.08. The summed E-state index contributed by atoms with van der Waals surface area (Å²) >= 11 is 0. The summed E-state index contributed by atoms with van der Waals surface area (Å²) in [5.74, 6) is 1.40. The highest BCUT2D eigenvalue weighted by atomic mass is 15.2. The van der Waals surface area contributed by atoms with Crippen LogP contribution in [0.5, 0.6) is 0 Å². The van der Waals surface area contributed by atoms with Gasteiger partial charge in [-0.1, -0.05) is 0 Å². The zero-order valence-electron chi connectivity index (χ0n) is 9.04. The van der Waals surface area contributed by atoms with Crippen molar-refractivity contribution in [1.82, 2.24) is 10.2 Å². The molecule has 1 saturated carbocycles. The predicted molar refractivity (Wildman–Crippen MR) is 57.4 cm³/mol. The van der Waals surface area contributed by atoms with E-state index in [2.05, 4.69) is 21.6 Å². The topological polar surface area (TPSA) is 61.6 Å². The van der Waals surface area contributed by atoms with Crippen LogP contribution in [0.15, 0.2) is 0 Å². The number of hydrogen-bond donors (Lipinski definition) is 1. The number of anilines is 1. The van der Waals surface area contributed by atoms with E-state index in [-0.39, 0.29) is 0 Å². The van der Waals surface area contributed by atoms with E-state index in [9.17, 15) is 0 Å². The summed E-state index contributed by atoms with van der Waals surface area (Å²) in [6.07, 6.45) is 2.57. The minimum absolute atomic E-state index is 0.628. The van der Waals surface area contributed by atoms with Crippen LogP contribution in [0.25, 0.3) is 0 Å². The quantitative estimate of drug-likeness (QED) is 0.811. The van der Waals surface area contributed by atoms with Crippen molar-refractivity contribution in [3.63, 3.8) is 0 Å². The van der Waals surface area contributed by atoms with Gasteiger partial charge in [0.25, 0.3) is 0 Å². The Morgan fingerprint density at radius 1 is 1.40 bits per heavy atom. The molecule has 0 aliphatic heterocycles. The first kappa shape index (κ1) is 9.91. The highest BCUT2D eigenvalue weighted by molar-refractivity contribution is 5.55. The van der Waals surface area contributed by atoms with Crippen LogP contribution in [0.1, 0.15) is 29.7 Å². The molecule has 1 aromatic heterocycles. The molecule has 0 spiro atoms. The normalized spacial score (nSPS) is 14.7. The fraction of sp³-hybridized carbons (Fsp3) is 0.545. The molecule has 1 heterocycles. The molecule has 1 aliphatic rings. The minimum atomic E-state index is 0.628. The van der Waals surface area contributed by atoms with E-state index in [0.29, 0.717) is 11.4 Å². The SMILES string of the molecule is Cc1nnc(NCC2CC2)c(C#N)c1C. The van der Waals surface area contributed by atoms with E-state index in [1.54, 1.807) is 0 Å². The maximum atomic E-state index is 9.05. The molecule has 78 valence electrons. The third-order valence-corrected chi connectivity index (χ3v) is 2.82. The molecule has 4 nitrogen and oxygen atoms in total. The molecule has 1 fully saturated rings. The molecule has 2 rings (SSSR count). The molecule has 4 heteroatoms. The summed E-state index contributed by atoms with van der Waals surface area (Å²) in [7, 11) is 0. The Labute approximate surface area is 89.3 Å². The Bertz CT molecular complexity index is 415. The summed E-state index contributed by atoms with van der Waals surface area (Å²) in [6, 6.07) is 2.18. The standard InChI is InChI=1S/C11H14N4/c1-7-8(2)14-15-11(10(7)5-12)13-6-9-3-4-9/h9H,3-4,6H2,1-2H3,(H,13,15). The van der Waals surface area contributed by atoms with Crippen LogP contribution >= 0.6 is 0 Å². The van der Waals surface area contributed by atoms with Crippen molar-refractivity contribution in [2.24, 2.45) is 5.92 Å². The lowest BCUT2D eigenvalue weighted by molar-refractivity contribution is 0.864. The Kier molecular flexibility index (Phi) is 2.55. The van der Waals surface area contributed by atoms with Crippen LogP contribution in [0.3, 0.4) is 0 Å². The van der Waals surface area contributed by atoms with Gasteiger partial charge < -0.3 is 5.32 Å². The number of aryl methyl sites for hydroxylation is 1. The van der Waals surface area contributed by atoms with Gasteiger partial charge in [-0.05, 0) is 38.2 Å². The van der Waals surface area contributed by atoms with Crippen molar-refractivity contribution in [3.8, 4) is 6.07 Å². The first-order chi connectivity index (χ1) is 7.22. The zero-order chi connectivity index (χ0) is 10.8. The second kappa shape index (κ2) is 3.85. The maximum Gasteiger partial charge on any atom is 0.166 e. The van der Waals surface area contributed by atoms with Crippen molar-refractivity contribution in [2.45, 2.75) is 26.7 Å². The zero-order valence-corrected chi connectivity index (χ0v) is 9.04. The van der Waals surface area contributed by atoms with Gasteiger partial charge in [0.15, 0.2) is 5.82 Å². The average Bonchev–Trinajstić information content (AvgIpc) is 3.03. The molecule has 1 aromatic rings. The van der Waals surface area contributed by atoms with Crippen LogP contribution in [0.2, 0.25) is 0 Å². The molecule has 0 bridgehead atoms. The minimum Gasteiger partial charge on any atom is -0.367 e. The van der Waals surface area contributed by atoms with Gasteiger partial charge >= 0.3 is 0 Å². The Hall–Kier alpha value is -1.63. The van der Waals surface area contributed by atoms with Gasteiger partial charge in [0.1, 0.15) is 11.6 Å². The summed E-state index contributed by atoms with van der Waals surface area (Å²) in [5, 5.41) is 20.3. The van der Waals surface area contributed by atoms with E-state index < -0.39 is 0 Å². The Morgan fingerprint density at radius 2 is 2.13 bits per heavy atom. The van der Waals surface area contributed by atoms with E-state index in [0.717, 1.165) is 23.7 Å². The number of nitriles is 1. The molecule has 1 N–H and O–H groups in total. The fourth-order valence-electron chi connectivity index (χ4n) is 1.43. The van der Waals surface area contributed by atoms with Gasteiger partial charge in [0.2, 0.25) is 0 Å². The van der Waals surface area contributed by atoms with Crippen LogP contribution in [0, 0.1) is 31.1 Å². The van der Waals surface area contributed by atoms with E-state index in [1.165, 1.54) is 12.8 Å². The second-order valence-electron chi connectivity index (χ2n) is 4.07. The summed E-state index contributed by atoms with van der Waals surface area (Å²) in [4.78, 5) is 0. The van der Waals surface area contributed by atoms with Crippen LogP contribution < -0.4 is 5.32 Å². The number of aromatic nitrogens is 2. The number of rotatable bonds is 3. The van der Waals surface area contributed by atoms with Crippen LogP contribution in [-0.4, -0.2) is 16.7 Å². The summed E-state index contributed by atoms with van der Waals surface area (Å²) in [5.41, 5.74) is 2.37. The van der Waals surface area contributed by atoms with E-state index >= 15 is 0 Å². The molecule has 0 radical (unpaired) electrons. The van der Waals surface area contributed by atoms with Crippen molar-refractivity contribution in [2.75, 3.05) is 11.9 Å². The van der Waals surface area contributed by atoms with Crippen LogP contribution in [0.4, 0.5) is 5.82 Å². The first-order valence-electron chi connectivity index (χ1n) is 5.20. The van der Waals surface area contributed by atoms with E-state index in [1.807, 2.05) is 13.8 Å². The first-order valence-corrected chi connectivity index (χ1v) is 5.20. The molecule has 0 unspecified atom stereocenters. The van der Waals surface area contributed by atoms with Gasteiger partial charge in [-0.2, -0.15) is 10.4 Å². The smallest absolute Gasteiger partial charge is 0.166 e. The maximum absolute atomic E-state index is 9.05. The van der Waals surface area contributed by atoms with Crippen molar-refractivity contribution < 1.29 is 0 Å². The van der Waals surface area contributed by atoms with Crippen LogP contribution in [-0.2, 0) is 0 Å². The Morgan fingerprint density at radius 3 is 2.73 bits per heavy atom. The fourth-order valence-corrected chi connectivity index (χ4v) is 1.43. The summed E-state index contributed by atoms with van der Waals surface area (Å²) < 4.78 is 0. The van der Waals surface area contributed by atoms with Gasteiger partial charge in [0.05, 0.1) is 5.69 Å². The molecular weight excluding hydrogens is 188 g/mol. The number of nitrogens with one attached hydrogen (secondary N) is 1. The van der Waals surface area contributed by atoms with Crippen molar-refractivity contribution in [3.05, 3.63) is 16.8 Å². The average molecular weight is 202 g/mol. The molecular formula is C11H14N4. The Balaban J connectivity index is 2.21. The number of hydrogen-bond acceptors (Lipinski definition) is 4. The van der Waals surface area contributed by atoms with E-state index in [4.69, 9.17) is 5.26 Å². The third-order valence-electron chi connectivity index (χ3n) is 2.82.